The third kappa shape index (κ3) is 4.64. The van der Waals surface area contributed by atoms with Crippen LogP contribution in [0.2, 0.25) is 0 Å². The number of sulfonamides is 1. The summed E-state index contributed by atoms with van der Waals surface area (Å²) in [6.45, 7) is 5.10. The first-order chi connectivity index (χ1) is 16.2. The van der Waals surface area contributed by atoms with Crippen LogP contribution in [0.15, 0.2) is 65.6 Å². The first-order valence-electron chi connectivity index (χ1n) is 10.2. The molecule has 174 valence electrons. The van der Waals surface area contributed by atoms with Crippen molar-refractivity contribution >= 4 is 27.3 Å². The average molecular weight is 481 g/mol. The summed E-state index contributed by atoms with van der Waals surface area (Å²) in [5.74, 6) is -0.742. The molecule has 34 heavy (non-hydrogen) atoms. The predicted octanol–water partition coefficient (Wildman–Crippen LogP) is 3.78. The smallest absolute Gasteiger partial charge is 0.261 e. The number of aryl methyl sites for hydroxylation is 3. The highest BCUT2D eigenvalue weighted by molar-refractivity contribution is 7.92. The Bertz CT molecular complexity index is 1500. The van der Waals surface area contributed by atoms with Gasteiger partial charge in [0.25, 0.3) is 15.9 Å². The summed E-state index contributed by atoms with van der Waals surface area (Å²) < 4.78 is 44.0. The number of benzene rings is 3. The molecule has 0 bridgehead atoms. The second kappa shape index (κ2) is 9.02. The molecule has 0 unspecified atom stereocenters. The van der Waals surface area contributed by atoms with Crippen LogP contribution >= 0.6 is 0 Å². The lowest BCUT2D eigenvalue weighted by atomic mass is 10.1. The molecule has 1 aromatic heterocycles. The summed E-state index contributed by atoms with van der Waals surface area (Å²) in [5, 5.41) is 13.7. The van der Waals surface area contributed by atoms with Crippen LogP contribution in [0.1, 0.15) is 27.3 Å². The lowest BCUT2D eigenvalue weighted by Crippen LogP contribution is -2.17. The standard InChI is InChI=1S/C23H21FN6O3S/c1-14-8-10-18(34(32,33)27-21-7-5-4-6-15(21)2)13-19(14)23(31)25-17-9-11-20(24)22(12-17)30-16(3)26-28-29-30/h4-13,27H,1-3H3,(H,25,31). The Morgan fingerprint density at radius 2 is 1.74 bits per heavy atom. The number of para-hydroxylation sites is 1. The number of carbonyl (C=O) groups excluding carboxylic acids is 1. The number of hydrogen-bond acceptors (Lipinski definition) is 6. The fourth-order valence-corrected chi connectivity index (χ4v) is 4.47. The summed E-state index contributed by atoms with van der Waals surface area (Å²) in [4.78, 5) is 12.9. The van der Waals surface area contributed by atoms with Gasteiger partial charge in [-0.1, -0.05) is 24.3 Å². The molecule has 1 heterocycles. The number of nitrogens with one attached hydrogen (secondary N) is 2. The van der Waals surface area contributed by atoms with Crippen LogP contribution < -0.4 is 10.0 Å². The maximum Gasteiger partial charge on any atom is 0.261 e. The molecule has 2 N–H and O–H groups in total. The maximum absolute atomic E-state index is 14.3. The van der Waals surface area contributed by atoms with Gasteiger partial charge in [0.1, 0.15) is 11.5 Å². The van der Waals surface area contributed by atoms with Gasteiger partial charge in [-0.05, 0) is 78.7 Å². The highest BCUT2D eigenvalue weighted by Crippen LogP contribution is 2.23. The van der Waals surface area contributed by atoms with E-state index >= 15 is 0 Å². The average Bonchev–Trinajstić information content (AvgIpc) is 3.22. The molecule has 4 rings (SSSR count). The number of rotatable bonds is 6. The summed E-state index contributed by atoms with van der Waals surface area (Å²) >= 11 is 0. The summed E-state index contributed by atoms with van der Waals surface area (Å²) in [5.41, 5.74) is 2.31. The number of amides is 1. The highest BCUT2D eigenvalue weighted by atomic mass is 32.2. The first-order valence-corrected chi connectivity index (χ1v) is 11.7. The van der Waals surface area contributed by atoms with Crippen molar-refractivity contribution < 1.29 is 17.6 Å². The molecule has 3 aromatic carbocycles. The third-order valence-corrected chi connectivity index (χ3v) is 6.57. The molecule has 0 atom stereocenters. The van der Waals surface area contributed by atoms with Gasteiger partial charge in [-0.15, -0.1) is 5.10 Å². The minimum absolute atomic E-state index is 0.0596. The fourth-order valence-electron chi connectivity index (χ4n) is 3.31. The number of aromatic nitrogens is 4. The van der Waals surface area contributed by atoms with Crippen LogP contribution in [0.25, 0.3) is 5.69 Å². The molecule has 1 amide bonds. The Hall–Kier alpha value is -4.12. The van der Waals surface area contributed by atoms with Crippen molar-refractivity contribution in [2.24, 2.45) is 0 Å². The molecular formula is C23H21FN6O3S. The second-order valence-corrected chi connectivity index (χ2v) is 9.34. The number of halogens is 1. The first kappa shape index (κ1) is 23.1. The van der Waals surface area contributed by atoms with E-state index in [-0.39, 0.29) is 16.1 Å². The zero-order valence-corrected chi connectivity index (χ0v) is 19.4. The van der Waals surface area contributed by atoms with Crippen LogP contribution in [0, 0.1) is 26.6 Å². The van der Waals surface area contributed by atoms with Gasteiger partial charge in [0.2, 0.25) is 0 Å². The third-order valence-electron chi connectivity index (χ3n) is 5.21. The number of carbonyl (C=O) groups is 1. The number of tetrazole rings is 1. The summed E-state index contributed by atoms with van der Waals surface area (Å²) in [6.07, 6.45) is 0. The SMILES string of the molecule is Cc1ccccc1NS(=O)(=O)c1ccc(C)c(C(=O)Nc2ccc(F)c(-n3nnnc3C)c2)c1. The molecule has 0 aliphatic rings. The molecule has 4 aromatic rings. The summed E-state index contributed by atoms with van der Waals surface area (Å²) in [7, 11) is -3.93. The van der Waals surface area contributed by atoms with Gasteiger partial charge in [-0.25, -0.2) is 12.8 Å². The van der Waals surface area contributed by atoms with Gasteiger partial charge < -0.3 is 5.32 Å². The topological polar surface area (TPSA) is 119 Å². The van der Waals surface area contributed by atoms with Crippen LogP contribution in [-0.2, 0) is 10.0 Å². The molecule has 9 nitrogen and oxygen atoms in total. The van der Waals surface area contributed by atoms with Crippen LogP contribution in [0.5, 0.6) is 0 Å². The Balaban J connectivity index is 1.62. The highest BCUT2D eigenvalue weighted by Gasteiger charge is 2.20. The van der Waals surface area contributed by atoms with Crippen LogP contribution in [-0.4, -0.2) is 34.5 Å². The maximum atomic E-state index is 14.3. The van der Waals surface area contributed by atoms with E-state index in [0.717, 1.165) is 5.56 Å². The molecular weight excluding hydrogens is 459 g/mol. The molecule has 0 aliphatic carbocycles. The van der Waals surface area contributed by atoms with E-state index in [1.165, 1.54) is 35.0 Å². The Labute approximate surface area is 195 Å². The van der Waals surface area contributed by atoms with Gasteiger partial charge in [-0.2, -0.15) is 4.68 Å². The molecule has 0 saturated heterocycles. The quantitative estimate of drug-likeness (QED) is 0.434. The zero-order valence-electron chi connectivity index (χ0n) is 18.6. The van der Waals surface area contributed by atoms with E-state index in [1.807, 2.05) is 6.07 Å². The normalized spacial score (nSPS) is 11.3. The van der Waals surface area contributed by atoms with E-state index in [4.69, 9.17) is 0 Å². The molecule has 0 aliphatic heterocycles. The minimum atomic E-state index is -3.93. The van der Waals surface area contributed by atoms with E-state index in [1.54, 1.807) is 45.0 Å². The number of anilines is 2. The molecule has 11 heteroatoms. The van der Waals surface area contributed by atoms with E-state index in [0.29, 0.717) is 22.8 Å². The van der Waals surface area contributed by atoms with Crippen molar-refractivity contribution in [2.75, 3.05) is 10.0 Å². The van der Waals surface area contributed by atoms with Crippen molar-refractivity contribution in [3.8, 4) is 5.69 Å². The van der Waals surface area contributed by atoms with Gasteiger partial charge in [-0.3, -0.25) is 9.52 Å². The van der Waals surface area contributed by atoms with E-state index in [9.17, 15) is 17.6 Å². The van der Waals surface area contributed by atoms with Crippen molar-refractivity contribution in [2.45, 2.75) is 25.7 Å². The largest absolute Gasteiger partial charge is 0.322 e. The van der Waals surface area contributed by atoms with Gasteiger partial charge >= 0.3 is 0 Å². The fraction of sp³-hybridized carbons (Fsp3) is 0.130. The molecule has 0 spiro atoms. The van der Waals surface area contributed by atoms with Crippen LogP contribution in [0.3, 0.4) is 0 Å². The Morgan fingerprint density at radius 1 is 0.971 bits per heavy atom. The van der Waals surface area contributed by atoms with Crippen molar-refractivity contribution in [3.63, 3.8) is 0 Å². The number of hydrogen-bond donors (Lipinski definition) is 2. The van der Waals surface area contributed by atoms with Gasteiger partial charge in [0.05, 0.1) is 10.6 Å². The lowest BCUT2D eigenvalue weighted by molar-refractivity contribution is 0.102. The van der Waals surface area contributed by atoms with E-state index < -0.39 is 21.7 Å². The Morgan fingerprint density at radius 3 is 2.44 bits per heavy atom. The molecule has 0 radical (unpaired) electrons. The predicted molar refractivity (Wildman–Crippen MR) is 125 cm³/mol. The van der Waals surface area contributed by atoms with Crippen molar-refractivity contribution in [1.29, 1.82) is 0 Å². The van der Waals surface area contributed by atoms with Gasteiger partial charge in [0.15, 0.2) is 5.82 Å². The van der Waals surface area contributed by atoms with Crippen molar-refractivity contribution in [3.05, 3.63) is 89.0 Å². The zero-order chi connectivity index (χ0) is 24.5. The van der Waals surface area contributed by atoms with Crippen LogP contribution in [0.4, 0.5) is 15.8 Å². The monoisotopic (exact) mass is 480 g/mol. The second-order valence-electron chi connectivity index (χ2n) is 7.66. The Kier molecular flexibility index (Phi) is 6.12. The molecule has 0 saturated carbocycles. The summed E-state index contributed by atoms with van der Waals surface area (Å²) in [6, 6.07) is 15.3. The lowest BCUT2D eigenvalue weighted by Gasteiger charge is -2.13. The van der Waals surface area contributed by atoms with Crippen molar-refractivity contribution in [1.82, 2.24) is 20.2 Å². The number of nitrogens with zero attached hydrogens (tertiary/aromatic N) is 4. The van der Waals surface area contributed by atoms with E-state index in [2.05, 4.69) is 25.6 Å². The molecule has 0 fully saturated rings. The van der Waals surface area contributed by atoms with Gasteiger partial charge in [0, 0.05) is 11.3 Å². The minimum Gasteiger partial charge on any atom is -0.322 e.